The summed E-state index contributed by atoms with van der Waals surface area (Å²) in [7, 11) is 0. The maximum atomic E-state index is 13.0. The number of anilines is 1. The Morgan fingerprint density at radius 2 is 1.79 bits per heavy atom. The zero-order valence-electron chi connectivity index (χ0n) is 11.6. The molecule has 0 saturated carbocycles. The number of carbonyl (C=O) groups excluding carboxylic acids is 2. The summed E-state index contributed by atoms with van der Waals surface area (Å²) in [6.07, 6.45) is -4.74. The van der Waals surface area contributed by atoms with Crippen LogP contribution >= 0.6 is 11.6 Å². The van der Waals surface area contributed by atoms with Crippen molar-refractivity contribution in [3.63, 3.8) is 0 Å². The monoisotopic (exact) mass is 357 g/mol. The SMILES string of the molecule is Nc1c2c(cc(=O)n1-c1cccc(C(F)(F)F)c1Cl)C(=O)NC2=O. The minimum absolute atomic E-state index is 0.234. The van der Waals surface area contributed by atoms with Crippen LogP contribution in [0.15, 0.2) is 29.1 Å². The highest BCUT2D eigenvalue weighted by molar-refractivity contribution is 6.33. The van der Waals surface area contributed by atoms with Crippen molar-refractivity contribution >= 4 is 29.2 Å². The second-order valence-corrected chi connectivity index (χ2v) is 5.29. The number of amides is 2. The van der Waals surface area contributed by atoms with Crippen LogP contribution in [-0.2, 0) is 6.18 Å². The normalized spacial score (nSPS) is 13.8. The number of alkyl halides is 3. The first kappa shape index (κ1) is 16.1. The average molecular weight is 358 g/mol. The molecule has 0 bridgehead atoms. The first-order chi connectivity index (χ1) is 11.1. The summed E-state index contributed by atoms with van der Waals surface area (Å²) in [4.78, 5) is 35.6. The summed E-state index contributed by atoms with van der Waals surface area (Å²) in [5, 5.41) is 1.21. The molecule has 0 aliphatic carbocycles. The Bertz CT molecular complexity index is 966. The molecule has 1 aliphatic rings. The molecule has 1 aliphatic heterocycles. The molecule has 124 valence electrons. The third-order valence-corrected chi connectivity index (χ3v) is 3.88. The van der Waals surface area contributed by atoms with E-state index in [-0.39, 0.29) is 16.8 Å². The van der Waals surface area contributed by atoms with Gasteiger partial charge in [-0.1, -0.05) is 17.7 Å². The highest BCUT2D eigenvalue weighted by atomic mass is 35.5. The van der Waals surface area contributed by atoms with Crippen molar-refractivity contribution in [1.29, 1.82) is 0 Å². The molecule has 0 spiro atoms. The number of carbonyl (C=O) groups is 2. The number of imide groups is 1. The zero-order valence-corrected chi connectivity index (χ0v) is 12.3. The number of fused-ring (bicyclic) bond motifs is 1. The van der Waals surface area contributed by atoms with E-state index in [1.165, 1.54) is 0 Å². The fraction of sp³-hybridized carbons (Fsp3) is 0.0714. The minimum Gasteiger partial charge on any atom is -0.384 e. The number of nitrogens with two attached hydrogens (primary N) is 1. The first-order valence-corrected chi connectivity index (χ1v) is 6.78. The summed E-state index contributed by atoms with van der Waals surface area (Å²) in [6.45, 7) is 0. The van der Waals surface area contributed by atoms with E-state index in [0.29, 0.717) is 4.57 Å². The van der Waals surface area contributed by atoms with Gasteiger partial charge < -0.3 is 5.73 Å². The number of hydrogen-bond acceptors (Lipinski definition) is 4. The molecule has 3 N–H and O–H groups in total. The quantitative estimate of drug-likeness (QED) is 0.763. The maximum Gasteiger partial charge on any atom is 0.417 e. The Labute approximate surface area is 136 Å². The van der Waals surface area contributed by atoms with Crippen molar-refractivity contribution in [3.8, 4) is 5.69 Å². The van der Waals surface area contributed by atoms with E-state index in [1.54, 1.807) is 0 Å². The largest absolute Gasteiger partial charge is 0.417 e. The molecule has 0 fully saturated rings. The van der Waals surface area contributed by atoms with Crippen molar-refractivity contribution in [3.05, 3.63) is 56.3 Å². The summed E-state index contributed by atoms with van der Waals surface area (Å²) < 4.78 is 39.6. The average Bonchev–Trinajstić information content (AvgIpc) is 2.74. The molecule has 1 aromatic heterocycles. The summed E-state index contributed by atoms with van der Waals surface area (Å²) in [5.41, 5.74) is 2.85. The molecule has 0 saturated heterocycles. The molecular formula is C14H7ClF3N3O3. The second-order valence-electron chi connectivity index (χ2n) is 4.91. The van der Waals surface area contributed by atoms with Crippen molar-refractivity contribution in [2.24, 2.45) is 0 Å². The van der Waals surface area contributed by atoms with Gasteiger partial charge in [-0.3, -0.25) is 24.3 Å². The van der Waals surface area contributed by atoms with Crippen molar-refractivity contribution in [2.45, 2.75) is 6.18 Å². The molecule has 3 rings (SSSR count). The van der Waals surface area contributed by atoms with Gasteiger partial charge in [-0.15, -0.1) is 0 Å². The number of nitrogens with one attached hydrogen (secondary N) is 1. The molecule has 24 heavy (non-hydrogen) atoms. The smallest absolute Gasteiger partial charge is 0.384 e. The number of aromatic nitrogens is 1. The number of nitrogens with zero attached hydrogens (tertiary/aromatic N) is 1. The molecule has 10 heteroatoms. The second kappa shape index (κ2) is 5.10. The lowest BCUT2D eigenvalue weighted by Gasteiger charge is -2.16. The highest BCUT2D eigenvalue weighted by Gasteiger charge is 2.36. The molecule has 1 aromatic carbocycles. The standard InChI is InChI=1S/C14H7ClF3N3O3/c15-10-6(14(16,17)18)2-1-3-7(10)21-8(22)4-5-9(11(21)19)13(24)20-12(5)23/h1-4H,19H2,(H,20,23,24). The van der Waals surface area contributed by atoms with Crippen molar-refractivity contribution in [1.82, 2.24) is 9.88 Å². The van der Waals surface area contributed by atoms with E-state index >= 15 is 0 Å². The number of benzene rings is 1. The molecular weight excluding hydrogens is 351 g/mol. The van der Waals surface area contributed by atoms with Gasteiger partial charge in [-0.2, -0.15) is 13.2 Å². The number of nitrogen functional groups attached to an aromatic ring is 1. The van der Waals surface area contributed by atoms with E-state index in [4.69, 9.17) is 17.3 Å². The molecule has 6 nitrogen and oxygen atoms in total. The van der Waals surface area contributed by atoms with Crippen LogP contribution in [0.2, 0.25) is 5.02 Å². The van der Waals surface area contributed by atoms with Crippen LogP contribution in [0.1, 0.15) is 26.3 Å². The topological polar surface area (TPSA) is 94.2 Å². The predicted octanol–water partition coefficient (Wildman–Crippen LogP) is 1.98. The number of hydrogen-bond donors (Lipinski definition) is 2. The van der Waals surface area contributed by atoms with E-state index in [1.807, 2.05) is 5.32 Å². The van der Waals surface area contributed by atoms with E-state index < -0.39 is 40.0 Å². The van der Waals surface area contributed by atoms with Gasteiger partial charge in [0.1, 0.15) is 5.82 Å². The maximum absolute atomic E-state index is 13.0. The Balaban J connectivity index is 2.34. The molecule has 2 heterocycles. The zero-order chi connectivity index (χ0) is 17.8. The third kappa shape index (κ3) is 2.24. The van der Waals surface area contributed by atoms with Gasteiger partial charge in [0.05, 0.1) is 27.4 Å². The summed E-state index contributed by atoms with van der Waals surface area (Å²) in [6, 6.07) is 3.77. The van der Waals surface area contributed by atoms with Gasteiger partial charge in [-0.25, -0.2) is 0 Å². The fourth-order valence-corrected chi connectivity index (χ4v) is 2.76. The van der Waals surface area contributed by atoms with Crippen LogP contribution in [0.25, 0.3) is 5.69 Å². The van der Waals surface area contributed by atoms with Crippen molar-refractivity contribution in [2.75, 3.05) is 5.73 Å². The fourth-order valence-electron chi connectivity index (χ4n) is 2.44. The van der Waals surface area contributed by atoms with E-state index in [2.05, 4.69) is 0 Å². The van der Waals surface area contributed by atoms with Crippen LogP contribution in [0, 0.1) is 0 Å². The molecule has 2 amide bonds. The van der Waals surface area contributed by atoms with Gasteiger partial charge in [0.25, 0.3) is 17.4 Å². The van der Waals surface area contributed by atoms with Gasteiger partial charge in [0, 0.05) is 6.07 Å². The van der Waals surface area contributed by atoms with Crippen LogP contribution in [-0.4, -0.2) is 16.4 Å². The molecule has 0 radical (unpaired) electrons. The molecule has 0 atom stereocenters. The number of halogens is 4. The van der Waals surface area contributed by atoms with Crippen LogP contribution < -0.4 is 16.6 Å². The third-order valence-electron chi connectivity index (χ3n) is 3.48. The van der Waals surface area contributed by atoms with E-state index in [0.717, 1.165) is 24.3 Å². The van der Waals surface area contributed by atoms with Crippen LogP contribution in [0.3, 0.4) is 0 Å². The van der Waals surface area contributed by atoms with Gasteiger partial charge in [-0.05, 0) is 12.1 Å². The number of rotatable bonds is 1. The Kier molecular flexibility index (Phi) is 3.41. The van der Waals surface area contributed by atoms with E-state index in [9.17, 15) is 27.6 Å². The Morgan fingerprint density at radius 1 is 1.12 bits per heavy atom. The summed E-state index contributed by atoms with van der Waals surface area (Å²) in [5.74, 6) is -2.12. The lowest BCUT2D eigenvalue weighted by Crippen LogP contribution is -2.24. The molecule has 2 aromatic rings. The van der Waals surface area contributed by atoms with Gasteiger partial charge in [0.2, 0.25) is 0 Å². The van der Waals surface area contributed by atoms with Gasteiger partial charge in [0.15, 0.2) is 0 Å². The lowest BCUT2D eigenvalue weighted by atomic mass is 10.1. The van der Waals surface area contributed by atoms with Gasteiger partial charge >= 0.3 is 6.18 Å². The Hall–Kier alpha value is -2.81. The predicted molar refractivity (Wildman–Crippen MR) is 78.3 cm³/mol. The van der Waals surface area contributed by atoms with Crippen LogP contribution in [0.5, 0.6) is 0 Å². The van der Waals surface area contributed by atoms with Crippen LogP contribution in [0.4, 0.5) is 19.0 Å². The first-order valence-electron chi connectivity index (χ1n) is 6.40. The lowest BCUT2D eigenvalue weighted by molar-refractivity contribution is -0.137. The highest BCUT2D eigenvalue weighted by Crippen LogP contribution is 2.38. The Morgan fingerprint density at radius 3 is 2.42 bits per heavy atom. The number of pyridine rings is 1. The molecule has 0 unspecified atom stereocenters. The van der Waals surface area contributed by atoms with Crippen molar-refractivity contribution < 1.29 is 22.8 Å². The summed E-state index contributed by atoms with van der Waals surface area (Å²) >= 11 is 5.79. The minimum atomic E-state index is -4.74.